The number of aliphatic hydroxyl groups is 5. The minimum atomic E-state index is -1.49. The number of allylic oxidation sites excluding steroid dienone is 3. The number of aliphatic hydroxyl groups excluding tert-OH is 4. The maximum absolute atomic E-state index is 13.7. The quantitative estimate of drug-likeness (QED) is 0.138. The van der Waals surface area contributed by atoms with Crippen molar-refractivity contribution in [3.63, 3.8) is 0 Å². The highest BCUT2D eigenvalue weighted by Crippen LogP contribution is 2.37. The number of cyclic esters (lactones) is 1. The molecule has 0 saturated carbocycles. The molecular weight excluding hydrogens is 826 g/mol. The largest absolute Gasteiger partial charge is 0.462 e. The molecule has 0 aromatic carbocycles. The van der Waals surface area contributed by atoms with Crippen LogP contribution in [0.5, 0.6) is 0 Å². The number of aldehydes is 1. The standard InChI is InChI=1S/C45H75NO17/c1-13-32-29(21-57-44-41(56-12)40(55-11)36(51)25(5)59-44)16-22(2)14-15-30(48)23(3)17-28(20-47)38(24(4)31(49)18-33(50)61-32)63-43-37(52)35(46(9)10)39(26(6)60-43)62-34-19-45(8,54)42(53)27(7)58-34/h14-16,20,23-29,31-32,34-44,49,51-54H,13,17-19,21H2,1-12H3/b15-14+,22-16-/t23-,24-,25+,26+,27-,28-,29+,31-,32-,34+,35+,36-,37-,38-,39-,40+,41+,42+,43-,44+,45-/m0/s1. The summed E-state index contributed by atoms with van der Waals surface area (Å²) < 4.78 is 54.4. The van der Waals surface area contributed by atoms with Crippen LogP contribution in [0.15, 0.2) is 23.8 Å². The normalized spacial score (nSPS) is 46.5. The van der Waals surface area contributed by atoms with E-state index in [0.717, 1.165) is 0 Å². The van der Waals surface area contributed by atoms with Gasteiger partial charge in [-0.3, -0.25) is 9.59 Å². The molecule has 4 heterocycles. The van der Waals surface area contributed by atoms with E-state index in [1.165, 1.54) is 27.2 Å². The predicted octanol–water partition coefficient (Wildman–Crippen LogP) is 1.44. The second-order valence-electron chi connectivity index (χ2n) is 18.4. The third-order valence-electron chi connectivity index (χ3n) is 13.1. The molecular formula is C45H75NO17. The Labute approximate surface area is 372 Å². The Balaban J connectivity index is 1.60. The molecule has 4 aliphatic heterocycles. The minimum Gasteiger partial charge on any atom is -0.462 e. The Kier molecular flexibility index (Phi) is 19.9. The Morgan fingerprint density at radius 3 is 2.10 bits per heavy atom. The van der Waals surface area contributed by atoms with Crippen molar-refractivity contribution in [2.45, 2.75) is 185 Å². The van der Waals surface area contributed by atoms with E-state index in [1.807, 2.05) is 13.0 Å². The van der Waals surface area contributed by atoms with Crippen molar-refractivity contribution in [3.05, 3.63) is 23.8 Å². The van der Waals surface area contributed by atoms with Crippen LogP contribution < -0.4 is 0 Å². The lowest BCUT2D eigenvalue weighted by molar-refractivity contribution is -0.341. The zero-order valence-electron chi connectivity index (χ0n) is 39.0. The van der Waals surface area contributed by atoms with E-state index in [4.69, 9.17) is 42.6 Å². The molecule has 4 rings (SSSR count). The molecule has 0 aliphatic carbocycles. The van der Waals surface area contributed by atoms with Crippen molar-refractivity contribution in [2.75, 3.05) is 34.9 Å². The molecule has 362 valence electrons. The van der Waals surface area contributed by atoms with Crippen molar-refractivity contribution in [1.82, 2.24) is 4.90 Å². The number of methoxy groups -OCH3 is 2. The molecule has 18 nitrogen and oxygen atoms in total. The number of ketones is 1. The van der Waals surface area contributed by atoms with Gasteiger partial charge in [-0.25, -0.2) is 0 Å². The van der Waals surface area contributed by atoms with E-state index in [0.29, 0.717) is 18.3 Å². The number of nitrogens with zero attached hydrogens (tertiary/aromatic N) is 1. The Bertz CT molecular complexity index is 1540. The molecule has 3 fully saturated rings. The van der Waals surface area contributed by atoms with Crippen molar-refractivity contribution in [1.29, 1.82) is 0 Å². The molecule has 5 N–H and O–H groups in total. The second-order valence-corrected chi connectivity index (χ2v) is 18.4. The van der Waals surface area contributed by atoms with Gasteiger partial charge in [0.1, 0.15) is 49.0 Å². The summed E-state index contributed by atoms with van der Waals surface area (Å²) in [6.07, 6.45) is -9.08. The predicted molar refractivity (Wildman–Crippen MR) is 226 cm³/mol. The van der Waals surface area contributed by atoms with E-state index < -0.39 is 140 Å². The number of hydrogen-bond donors (Lipinski definition) is 5. The van der Waals surface area contributed by atoms with Crippen LogP contribution in [0, 0.1) is 23.7 Å². The van der Waals surface area contributed by atoms with Gasteiger partial charge in [-0.05, 0) is 67.6 Å². The lowest BCUT2D eigenvalue weighted by Crippen LogP contribution is -2.65. The number of carbonyl (C=O) groups excluding carboxylic acids is 3. The highest BCUT2D eigenvalue weighted by Gasteiger charge is 2.52. The molecule has 4 aliphatic rings. The fourth-order valence-electron chi connectivity index (χ4n) is 9.19. The van der Waals surface area contributed by atoms with Gasteiger partial charge in [0, 0.05) is 44.3 Å². The van der Waals surface area contributed by atoms with Crippen molar-refractivity contribution < 1.29 is 82.5 Å². The van der Waals surface area contributed by atoms with Crippen molar-refractivity contribution in [2.24, 2.45) is 23.7 Å². The zero-order chi connectivity index (χ0) is 47.1. The number of ether oxygens (including phenoxy) is 9. The molecule has 0 aromatic rings. The summed E-state index contributed by atoms with van der Waals surface area (Å²) in [6, 6.07) is -0.767. The third-order valence-corrected chi connectivity index (χ3v) is 13.1. The summed E-state index contributed by atoms with van der Waals surface area (Å²) >= 11 is 0. The molecule has 0 unspecified atom stereocenters. The van der Waals surface area contributed by atoms with Gasteiger partial charge in [-0.2, -0.15) is 0 Å². The number of esters is 1. The van der Waals surface area contributed by atoms with Crippen LogP contribution in [0.1, 0.15) is 81.1 Å². The number of carbonyl (C=O) groups is 3. The maximum atomic E-state index is 13.7. The van der Waals surface area contributed by atoms with Crippen molar-refractivity contribution in [3.8, 4) is 0 Å². The summed E-state index contributed by atoms with van der Waals surface area (Å²) in [5.74, 6) is -4.14. The highest BCUT2D eigenvalue weighted by atomic mass is 16.7. The van der Waals surface area contributed by atoms with E-state index in [2.05, 4.69) is 0 Å². The summed E-state index contributed by atoms with van der Waals surface area (Å²) in [7, 11) is 6.40. The van der Waals surface area contributed by atoms with Crippen LogP contribution in [0.2, 0.25) is 0 Å². The molecule has 3 saturated heterocycles. The first-order chi connectivity index (χ1) is 29.6. The fraction of sp³-hybridized carbons (Fsp3) is 0.844. The van der Waals surface area contributed by atoms with Crippen LogP contribution >= 0.6 is 0 Å². The van der Waals surface area contributed by atoms with E-state index in [1.54, 1.807) is 66.6 Å². The van der Waals surface area contributed by atoms with Crippen molar-refractivity contribution >= 4 is 18.0 Å². The molecule has 0 amide bonds. The number of hydrogen-bond acceptors (Lipinski definition) is 18. The van der Waals surface area contributed by atoms with Gasteiger partial charge in [-0.1, -0.05) is 38.5 Å². The molecule has 0 spiro atoms. The van der Waals surface area contributed by atoms with Crippen LogP contribution in [-0.2, 0) is 57.0 Å². The summed E-state index contributed by atoms with van der Waals surface area (Å²) in [4.78, 5) is 42.0. The van der Waals surface area contributed by atoms with Gasteiger partial charge in [0.25, 0.3) is 0 Å². The first kappa shape index (κ1) is 53.3. The van der Waals surface area contributed by atoms with E-state index >= 15 is 0 Å². The van der Waals surface area contributed by atoms with Crippen LogP contribution in [0.4, 0.5) is 0 Å². The number of rotatable bonds is 12. The van der Waals surface area contributed by atoms with Crippen LogP contribution in [0.3, 0.4) is 0 Å². The lowest BCUT2D eigenvalue weighted by atomic mass is 9.81. The molecule has 0 bridgehead atoms. The average Bonchev–Trinajstić information content (AvgIpc) is 3.22. The van der Waals surface area contributed by atoms with Crippen LogP contribution in [0.25, 0.3) is 0 Å². The fourth-order valence-corrected chi connectivity index (χ4v) is 9.19. The molecule has 21 atom stereocenters. The molecule has 0 radical (unpaired) electrons. The van der Waals surface area contributed by atoms with Gasteiger partial charge in [0.2, 0.25) is 0 Å². The van der Waals surface area contributed by atoms with Crippen LogP contribution in [-0.4, -0.2) is 187 Å². The maximum Gasteiger partial charge on any atom is 0.308 e. The monoisotopic (exact) mass is 902 g/mol. The van der Waals surface area contributed by atoms with Gasteiger partial charge in [0.05, 0.1) is 55.2 Å². The third kappa shape index (κ3) is 13.2. The van der Waals surface area contributed by atoms with E-state index in [9.17, 15) is 39.9 Å². The Morgan fingerprint density at radius 2 is 1.51 bits per heavy atom. The zero-order valence-corrected chi connectivity index (χ0v) is 39.0. The first-order valence-corrected chi connectivity index (χ1v) is 22.2. The Morgan fingerprint density at radius 1 is 0.857 bits per heavy atom. The summed E-state index contributed by atoms with van der Waals surface area (Å²) in [6.45, 7) is 13.5. The molecule has 18 heteroatoms. The lowest BCUT2D eigenvalue weighted by Gasteiger charge is -2.50. The second kappa shape index (κ2) is 23.5. The average molecular weight is 902 g/mol. The van der Waals surface area contributed by atoms with Gasteiger partial charge in [-0.15, -0.1) is 0 Å². The summed E-state index contributed by atoms with van der Waals surface area (Å²) in [5, 5.41) is 55.5. The highest BCUT2D eigenvalue weighted by molar-refractivity contribution is 5.92. The summed E-state index contributed by atoms with van der Waals surface area (Å²) in [5.41, 5.74) is -0.826. The van der Waals surface area contributed by atoms with E-state index in [-0.39, 0.29) is 25.2 Å². The van der Waals surface area contributed by atoms with Gasteiger partial charge < -0.3 is 77.9 Å². The molecule has 63 heavy (non-hydrogen) atoms. The minimum absolute atomic E-state index is 0.0117. The first-order valence-electron chi connectivity index (χ1n) is 22.2. The smallest absolute Gasteiger partial charge is 0.308 e. The number of likely N-dealkylation sites (N-methyl/N-ethyl adjacent to an activating group) is 1. The topological polar surface area (TPSA) is 239 Å². The Hall–Kier alpha value is -2.27. The van der Waals surface area contributed by atoms with Gasteiger partial charge >= 0.3 is 5.97 Å². The molecule has 0 aromatic heterocycles. The SMILES string of the molecule is CC[C@@H]1OC(=O)C[C@H](O)[C@H](C)[C@H](O[C@@H]2O[C@H](C)[C@H](O[C@@H]3C[C@](C)(O)[C@H](O)[C@H](C)O3)[C@H](N(C)C)[C@@H]2O)[C@H](C=O)C[C@H](C)C(=O)/C=C/C(C)=C\[C@@H]1CO[C@@H]1O[C@H](C)[C@H](O)[C@@H](OC)[C@H]1OC. The van der Waals surface area contributed by atoms with Gasteiger partial charge in [0.15, 0.2) is 24.7 Å².